The van der Waals surface area contributed by atoms with Crippen molar-refractivity contribution in [3.63, 3.8) is 0 Å². The number of hydrogen-bond acceptors (Lipinski definition) is 5. The number of nitrogens with zero attached hydrogens (tertiary/aromatic N) is 3. The zero-order valence-electron chi connectivity index (χ0n) is 17.4. The van der Waals surface area contributed by atoms with E-state index in [0.29, 0.717) is 19.0 Å². The Labute approximate surface area is 181 Å². The quantitative estimate of drug-likeness (QED) is 0.815. The predicted molar refractivity (Wildman–Crippen MR) is 118 cm³/mol. The van der Waals surface area contributed by atoms with Gasteiger partial charge in [-0.1, -0.05) is 18.9 Å². The van der Waals surface area contributed by atoms with Crippen LogP contribution in [-0.2, 0) is 24.3 Å². The van der Waals surface area contributed by atoms with Gasteiger partial charge in [-0.25, -0.2) is 4.98 Å². The number of piperidine rings is 1. The van der Waals surface area contributed by atoms with E-state index < -0.39 is 0 Å². The molecule has 0 bridgehead atoms. The topological polar surface area (TPSA) is 69.3 Å². The van der Waals surface area contributed by atoms with E-state index in [2.05, 4.69) is 27.4 Å². The molecule has 0 spiro atoms. The van der Waals surface area contributed by atoms with Crippen molar-refractivity contribution < 1.29 is 4.79 Å². The zero-order chi connectivity index (χ0) is 20.5. The van der Waals surface area contributed by atoms with Crippen LogP contribution in [0.2, 0.25) is 0 Å². The number of aromatic amines is 1. The Morgan fingerprint density at radius 1 is 1.20 bits per heavy atom. The number of nitrogens with one attached hydrogen (secondary N) is 1. The summed E-state index contributed by atoms with van der Waals surface area (Å²) in [4.78, 5) is 39.4. The molecule has 1 saturated heterocycles. The van der Waals surface area contributed by atoms with Crippen molar-refractivity contribution in [2.45, 2.75) is 64.0 Å². The SMILES string of the molecule is O=C(C1CCCC1)N1CCCC(c2nc3c(c(=O)[nH]2)CN(Cc2cccs2)CC3)C1. The fraction of sp³-hybridized carbons (Fsp3) is 0.609. The number of amides is 1. The molecule has 0 aromatic carbocycles. The second kappa shape index (κ2) is 8.63. The van der Waals surface area contributed by atoms with Gasteiger partial charge in [-0.05, 0) is 37.1 Å². The molecule has 30 heavy (non-hydrogen) atoms. The molecule has 4 heterocycles. The molecule has 160 valence electrons. The Morgan fingerprint density at radius 3 is 2.87 bits per heavy atom. The normalized spacial score (nSPS) is 22.9. The van der Waals surface area contributed by atoms with Gasteiger partial charge < -0.3 is 9.88 Å². The van der Waals surface area contributed by atoms with Crippen molar-refractivity contribution in [2.75, 3.05) is 19.6 Å². The number of carbonyl (C=O) groups is 1. The van der Waals surface area contributed by atoms with Crippen LogP contribution < -0.4 is 5.56 Å². The summed E-state index contributed by atoms with van der Waals surface area (Å²) in [7, 11) is 0. The standard InChI is InChI=1S/C23H30N4O2S/c28-22-19-15-26(14-18-8-4-12-30-18)11-9-20(19)24-21(25-22)17-7-3-10-27(13-17)23(29)16-5-1-2-6-16/h4,8,12,16-17H,1-3,5-7,9-11,13-15H2,(H,24,25,28). The first-order valence-corrected chi connectivity index (χ1v) is 12.2. The summed E-state index contributed by atoms with van der Waals surface area (Å²) in [6.45, 7) is 4.02. The second-order valence-corrected chi connectivity index (χ2v) is 10.1. The van der Waals surface area contributed by atoms with Crippen molar-refractivity contribution in [2.24, 2.45) is 5.92 Å². The number of thiophene rings is 1. The minimum Gasteiger partial charge on any atom is -0.342 e. The fourth-order valence-electron chi connectivity index (χ4n) is 5.28. The van der Waals surface area contributed by atoms with Gasteiger partial charge >= 0.3 is 0 Å². The maximum absolute atomic E-state index is 12.9. The smallest absolute Gasteiger partial charge is 0.255 e. The molecule has 7 heteroatoms. The molecule has 0 radical (unpaired) electrons. The molecule has 5 rings (SSSR count). The maximum atomic E-state index is 12.9. The minimum atomic E-state index is 0.00474. The summed E-state index contributed by atoms with van der Waals surface area (Å²) in [5, 5.41) is 2.10. The summed E-state index contributed by atoms with van der Waals surface area (Å²) in [5.74, 6) is 1.47. The van der Waals surface area contributed by atoms with Gasteiger partial charge in [0, 0.05) is 55.9 Å². The van der Waals surface area contributed by atoms with Crippen LogP contribution in [0.5, 0.6) is 0 Å². The van der Waals surface area contributed by atoms with E-state index in [9.17, 15) is 9.59 Å². The first-order chi connectivity index (χ1) is 14.7. The van der Waals surface area contributed by atoms with Crippen molar-refractivity contribution in [3.05, 3.63) is 49.8 Å². The number of fused-ring (bicyclic) bond motifs is 1. The monoisotopic (exact) mass is 426 g/mol. The highest BCUT2D eigenvalue weighted by Gasteiger charge is 2.32. The summed E-state index contributed by atoms with van der Waals surface area (Å²) in [5.41, 5.74) is 1.77. The summed E-state index contributed by atoms with van der Waals surface area (Å²) in [6.07, 6.45) is 7.22. The summed E-state index contributed by atoms with van der Waals surface area (Å²) in [6, 6.07) is 4.22. The summed E-state index contributed by atoms with van der Waals surface area (Å²) >= 11 is 1.76. The van der Waals surface area contributed by atoms with Gasteiger partial charge in [0.15, 0.2) is 0 Å². The lowest BCUT2D eigenvalue weighted by Crippen LogP contribution is -2.43. The van der Waals surface area contributed by atoms with Gasteiger partial charge in [-0.3, -0.25) is 14.5 Å². The first kappa shape index (κ1) is 19.9. The average molecular weight is 427 g/mol. The van der Waals surface area contributed by atoms with E-state index >= 15 is 0 Å². The molecule has 1 unspecified atom stereocenters. The van der Waals surface area contributed by atoms with Crippen LogP contribution in [0, 0.1) is 5.92 Å². The Kier molecular flexibility index (Phi) is 5.74. The number of likely N-dealkylation sites (tertiary alicyclic amines) is 1. The zero-order valence-corrected chi connectivity index (χ0v) is 18.3. The van der Waals surface area contributed by atoms with Crippen molar-refractivity contribution >= 4 is 17.2 Å². The highest BCUT2D eigenvalue weighted by molar-refractivity contribution is 7.09. The van der Waals surface area contributed by atoms with Crippen LogP contribution in [-0.4, -0.2) is 45.3 Å². The lowest BCUT2D eigenvalue weighted by atomic mass is 9.94. The highest BCUT2D eigenvalue weighted by Crippen LogP contribution is 2.31. The van der Waals surface area contributed by atoms with E-state index in [0.717, 1.165) is 68.8 Å². The Morgan fingerprint density at radius 2 is 2.07 bits per heavy atom. The molecule has 2 fully saturated rings. The third kappa shape index (κ3) is 4.10. The maximum Gasteiger partial charge on any atom is 0.255 e. The Bertz CT molecular complexity index is 949. The molecule has 1 amide bonds. The van der Waals surface area contributed by atoms with Crippen LogP contribution in [0.1, 0.15) is 66.4 Å². The molecule has 3 aliphatic rings. The van der Waals surface area contributed by atoms with Gasteiger partial charge in [-0.2, -0.15) is 0 Å². The Balaban J connectivity index is 1.29. The lowest BCUT2D eigenvalue weighted by Gasteiger charge is -2.34. The van der Waals surface area contributed by atoms with Crippen LogP contribution in [0.25, 0.3) is 0 Å². The molecule has 1 atom stereocenters. The number of aromatic nitrogens is 2. The molecule has 2 aliphatic heterocycles. The van der Waals surface area contributed by atoms with Gasteiger partial charge in [0.2, 0.25) is 5.91 Å². The van der Waals surface area contributed by atoms with Crippen molar-refractivity contribution in [1.82, 2.24) is 19.8 Å². The van der Waals surface area contributed by atoms with Gasteiger partial charge in [0.25, 0.3) is 5.56 Å². The summed E-state index contributed by atoms with van der Waals surface area (Å²) < 4.78 is 0. The van der Waals surface area contributed by atoms with E-state index in [-0.39, 0.29) is 17.4 Å². The van der Waals surface area contributed by atoms with E-state index in [1.807, 2.05) is 4.90 Å². The van der Waals surface area contributed by atoms with Crippen LogP contribution in [0.3, 0.4) is 0 Å². The lowest BCUT2D eigenvalue weighted by molar-refractivity contribution is -0.136. The Hall–Kier alpha value is -1.99. The molecule has 6 nitrogen and oxygen atoms in total. The molecule has 2 aromatic heterocycles. The third-order valence-electron chi connectivity index (χ3n) is 6.95. The van der Waals surface area contributed by atoms with Gasteiger partial charge in [-0.15, -0.1) is 11.3 Å². The molecule has 1 aliphatic carbocycles. The molecule has 2 aromatic rings. The van der Waals surface area contributed by atoms with E-state index in [4.69, 9.17) is 4.98 Å². The van der Waals surface area contributed by atoms with Crippen LogP contribution in [0.15, 0.2) is 22.3 Å². The molecular formula is C23H30N4O2S. The number of H-pyrrole nitrogens is 1. The second-order valence-electron chi connectivity index (χ2n) is 9.02. The predicted octanol–water partition coefficient (Wildman–Crippen LogP) is 3.29. The van der Waals surface area contributed by atoms with E-state index in [1.54, 1.807) is 11.3 Å². The fourth-order valence-corrected chi connectivity index (χ4v) is 6.03. The number of rotatable bonds is 4. The van der Waals surface area contributed by atoms with Gasteiger partial charge in [0.05, 0.1) is 11.3 Å². The number of hydrogen-bond donors (Lipinski definition) is 1. The minimum absolute atomic E-state index is 0.00474. The van der Waals surface area contributed by atoms with Crippen molar-refractivity contribution in [1.29, 1.82) is 0 Å². The number of carbonyl (C=O) groups excluding carboxylic acids is 1. The molecule has 1 saturated carbocycles. The third-order valence-corrected chi connectivity index (χ3v) is 7.81. The molecule has 1 N–H and O–H groups in total. The van der Waals surface area contributed by atoms with Crippen LogP contribution >= 0.6 is 11.3 Å². The highest BCUT2D eigenvalue weighted by atomic mass is 32.1. The van der Waals surface area contributed by atoms with E-state index in [1.165, 1.54) is 17.7 Å². The van der Waals surface area contributed by atoms with Gasteiger partial charge in [0.1, 0.15) is 5.82 Å². The largest absolute Gasteiger partial charge is 0.342 e. The van der Waals surface area contributed by atoms with Crippen LogP contribution in [0.4, 0.5) is 0 Å². The molecular weight excluding hydrogens is 396 g/mol. The average Bonchev–Trinajstić information content (AvgIpc) is 3.48. The van der Waals surface area contributed by atoms with Crippen molar-refractivity contribution in [3.8, 4) is 0 Å². The first-order valence-electron chi connectivity index (χ1n) is 11.3.